The highest BCUT2D eigenvalue weighted by Crippen LogP contribution is 2.21. The SMILES string of the molecule is O=C(NCC1CCCO1)c1cccn1C1CCNCC1. The fourth-order valence-electron chi connectivity index (χ4n) is 3.09. The van der Waals surface area contributed by atoms with Crippen molar-refractivity contribution in [2.24, 2.45) is 0 Å². The number of rotatable bonds is 4. The van der Waals surface area contributed by atoms with Crippen LogP contribution >= 0.6 is 0 Å². The third-order valence-corrected chi connectivity index (χ3v) is 4.23. The molecule has 1 amide bonds. The molecule has 0 saturated carbocycles. The van der Waals surface area contributed by atoms with Gasteiger partial charge in [0.15, 0.2) is 0 Å². The first-order chi connectivity index (χ1) is 9.84. The quantitative estimate of drug-likeness (QED) is 0.873. The molecular weight excluding hydrogens is 254 g/mol. The van der Waals surface area contributed by atoms with Gasteiger partial charge in [-0.05, 0) is 50.9 Å². The molecule has 3 heterocycles. The van der Waals surface area contributed by atoms with Gasteiger partial charge in [-0.2, -0.15) is 0 Å². The minimum atomic E-state index is 0.0176. The molecule has 110 valence electrons. The molecule has 0 aromatic carbocycles. The van der Waals surface area contributed by atoms with Gasteiger partial charge in [0.1, 0.15) is 5.69 Å². The van der Waals surface area contributed by atoms with Crippen molar-refractivity contribution in [1.82, 2.24) is 15.2 Å². The van der Waals surface area contributed by atoms with Crippen LogP contribution in [0.1, 0.15) is 42.2 Å². The van der Waals surface area contributed by atoms with E-state index in [4.69, 9.17) is 4.74 Å². The first-order valence-electron chi connectivity index (χ1n) is 7.62. The van der Waals surface area contributed by atoms with Crippen LogP contribution in [0.3, 0.4) is 0 Å². The summed E-state index contributed by atoms with van der Waals surface area (Å²) >= 11 is 0. The van der Waals surface area contributed by atoms with E-state index < -0.39 is 0 Å². The molecule has 1 aromatic rings. The van der Waals surface area contributed by atoms with E-state index in [9.17, 15) is 4.79 Å². The summed E-state index contributed by atoms with van der Waals surface area (Å²) in [6.45, 7) is 3.50. The summed E-state index contributed by atoms with van der Waals surface area (Å²) in [5, 5.41) is 6.36. The maximum atomic E-state index is 12.3. The van der Waals surface area contributed by atoms with E-state index in [0.29, 0.717) is 12.6 Å². The van der Waals surface area contributed by atoms with Gasteiger partial charge in [-0.25, -0.2) is 0 Å². The summed E-state index contributed by atoms with van der Waals surface area (Å²) in [7, 11) is 0. The molecule has 3 rings (SSSR count). The van der Waals surface area contributed by atoms with E-state index >= 15 is 0 Å². The zero-order chi connectivity index (χ0) is 13.8. The highest BCUT2D eigenvalue weighted by molar-refractivity contribution is 5.92. The van der Waals surface area contributed by atoms with Crippen LogP contribution in [0.5, 0.6) is 0 Å². The van der Waals surface area contributed by atoms with Gasteiger partial charge in [-0.3, -0.25) is 4.79 Å². The number of aromatic nitrogens is 1. The summed E-state index contributed by atoms with van der Waals surface area (Å²) in [6, 6.07) is 4.31. The van der Waals surface area contributed by atoms with Gasteiger partial charge in [-0.15, -0.1) is 0 Å². The molecule has 1 atom stereocenters. The second-order valence-corrected chi connectivity index (χ2v) is 5.63. The Morgan fingerprint density at radius 1 is 1.40 bits per heavy atom. The lowest BCUT2D eigenvalue weighted by atomic mass is 10.1. The number of nitrogens with zero attached hydrogens (tertiary/aromatic N) is 1. The molecule has 2 N–H and O–H groups in total. The molecule has 0 spiro atoms. The van der Waals surface area contributed by atoms with E-state index in [0.717, 1.165) is 51.1 Å². The van der Waals surface area contributed by atoms with Crippen molar-refractivity contribution < 1.29 is 9.53 Å². The fourth-order valence-corrected chi connectivity index (χ4v) is 3.09. The first kappa shape index (κ1) is 13.6. The number of hydrogen-bond acceptors (Lipinski definition) is 3. The maximum Gasteiger partial charge on any atom is 0.268 e. The number of amides is 1. The summed E-state index contributed by atoms with van der Waals surface area (Å²) < 4.78 is 7.67. The van der Waals surface area contributed by atoms with E-state index in [-0.39, 0.29) is 12.0 Å². The number of nitrogens with one attached hydrogen (secondary N) is 2. The third-order valence-electron chi connectivity index (χ3n) is 4.23. The second kappa shape index (κ2) is 6.41. The molecule has 20 heavy (non-hydrogen) atoms. The minimum absolute atomic E-state index is 0.0176. The lowest BCUT2D eigenvalue weighted by molar-refractivity contribution is 0.0847. The second-order valence-electron chi connectivity index (χ2n) is 5.63. The van der Waals surface area contributed by atoms with E-state index in [1.165, 1.54) is 0 Å². The number of ether oxygens (including phenoxy) is 1. The van der Waals surface area contributed by atoms with Crippen molar-refractivity contribution in [2.75, 3.05) is 26.2 Å². The molecule has 0 radical (unpaired) electrons. The van der Waals surface area contributed by atoms with Crippen molar-refractivity contribution in [1.29, 1.82) is 0 Å². The number of piperidine rings is 1. The molecule has 2 aliphatic heterocycles. The summed E-state index contributed by atoms with van der Waals surface area (Å²) in [5.74, 6) is 0.0176. The number of hydrogen-bond donors (Lipinski definition) is 2. The Bertz CT molecular complexity index is 446. The highest BCUT2D eigenvalue weighted by Gasteiger charge is 2.21. The van der Waals surface area contributed by atoms with Crippen LogP contribution in [-0.2, 0) is 4.74 Å². The summed E-state index contributed by atoms with van der Waals surface area (Å²) in [4.78, 5) is 12.3. The Labute approximate surface area is 119 Å². The summed E-state index contributed by atoms with van der Waals surface area (Å²) in [5.41, 5.74) is 0.773. The highest BCUT2D eigenvalue weighted by atomic mass is 16.5. The van der Waals surface area contributed by atoms with E-state index in [2.05, 4.69) is 15.2 Å². The number of carbonyl (C=O) groups is 1. The Kier molecular flexibility index (Phi) is 4.38. The molecule has 2 aliphatic rings. The monoisotopic (exact) mass is 277 g/mol. The van der Waals surface area contributed by atoms with Gasteiger partial charge in [0.05, 0.1) is 6.10 Å². The average Bonchev–Trinajstić information content (AvgIpc) is 3.17. The van der Waals surface area contributed by atoms with Crippen LogP contribution < -0.4 is 10.6 Å². The predicted octanol–water partition coefficient (Wildman–Crippen LogP) is 1.32. The standard InChI is InChI=1S/C15H23N3O2/c19-15(17-11-13-3-2-10-20-13)14-4-1-9-18(14)12-5-7-16-8-6-12/h1,4,9,12-13,16H,2-3,5-8,10-11H2,(H,17,19). The summed E-state index contributed by atoms with van der Waals surface area (Å²) in [6.07, 6.45) is 6.54. The molecule has 5 heteroatoms. The first-order valence-corrected chi connectivity index (χ1v) is 7.62. The predicted molar refractivity (Wildman–Crippen MR) is 76.9 cm³/mol. The Morgan fingerprint density at radius 3 is 3.00 bits per heavy atom. The van der Waals surface area contributed by atoms with Gasteiger partial charge < -0.3 is 19.9 Å². The molecule has 1 unspecified atom stereocenters. The van der Waals surface area contributed by atoms with Crippen LogP contribution in [0.2, 0.25) is 0 Å². The zero-order valence-electron chi connectivity index (χ0n) is 11.8. The van der Waals surface area contributed by atoms with Crippen molar-refractivity contribution in [3.8, 4) is 0 Å². The van der Waals surface area contributed by atoms with Crippen molar-refractivity contribution in [2.45, 2.75) is 37.8 Å². The normalized spacial score (nSPS) is 23.9. The Hall–Kier alpha value is -1.33. The molecule has 5 nitrogen and oxygen atoms in total. The lowest BCUT2D eigenvalue weighted by Gasteiger charge is -2.26. The molecule has 0 aliphatic carbocycles. The van der Waals surface area contributed by atoms with E-state index in [1.807, 2.05) is 18.3 Å². The van der Waals surface area contributed by atoms with Gasteiger partial charge in [0.2, 0.25) is 0 Å². The minimum Gasteiger partial charge on any atom is -0.376 e. The molecule has 2 saturated heterocycles. The van der Waals surface area contributed by atoms with Crippen LogP contribution in [-0.4, -0.2) is 42.8 Å². The zero-order valence-corrected chi connectivity index (χ0v) is 11.8. The molecule has 2 fully saturated rings. The largest absolute Gasteiger partial charge is 0.376 e. The lowest BCUT2D eigenvalue weighted by Crippen LogP contribution is -2.35. The van der Waals surface area contributed by atoms with Crippen LogP contribution in [0.25, 0.3) is 0 Å². The molecular formula is C15H23N3O2. The van der Waals surface area contributed by atoms with Gasteiger partial charge in [0.25, 0.3) is 5.91 Å². The van der Waals surface area contributed by atoms with Crippen LogP contribution in [0.15, 0.2) is 18.3 Å². The third kappa shape index (κ3) is 3.04. The molecule has 1 aromatic heterocycles. The average molecular weight is 277 g/mol. The number of carbonyl (C=O) groups excluding carboxylic acids is 1. The topological polar surface area (TPSA) is 55.3 Å². The maximum absolute atomic E-state index is 12.3. The van der Waals surface area contributed by atoms with E-state index in [1.54, 1.807) is 0 Å². The smallest absolute Gasteiger partial charge is 0.268 e. The van der Waals surface area contributed by atoms with Crippen LogP contribution in [0, 0.1) is 0 Å². The van der Waals surface area contributed by atoms with Gasteiger partial charge >= 0.3 is 0 Å². The van der Waals surface area contributed by atoms with Crippen LogP contribution in [0.4, 0.5) is 0 Å². The molecule has 0 bridgehead atoms. The fraction of sp³-hybridized carbons (Fsp3) is 0.667. The Morgan fingerprint density at radius 2 is 2.25 bits per heavy atom. The van der Waals surface area contributed by atoms with Crippen molar-refractivity contribution >= 4 is 5.91 Å². The van der Waals surface area contributed by atoms with Gasteiger partial charge in [0, 0.05) is 25.4 Å². The van der Waals surface area contributed by atoms with Crippen molar-refractivity contribution in [3.05, 3.63) is 24.0 Å². The van der Waals surface area contributed by atoms with Crippen molar-refractivity contribution in [3.63, 3.8) is 0 Å². The van der Waals surface area contributed by atoms with Gasteiger partial charge in [-0.1, -0.05) is 0 Å². The Balaban J connectivity index is 1.60.